The first-order chi connectivity index (χ1) is 14.5. The summed E-state index contributed by atoms with van der Waals surface area (Å²) < 4.78 is 27.1. The van der Waals surface area contributed by atoms with Crippen molar-refractivity contribution < 1.29 is 13.6 Å². The molecule has 0 aliphatic carbocycles. The Morgan fingerprint density at radius 1 is 1.27 bits per heavy atom. The van der Waals surface area contributed by atoms with Crippen LogP contribution in [0.25, 0.3) is 0 Å². The topological polar surface area (TPSA) is 86.0 Å². The number of amides is 1. The monoisotopic (exact) mass is 422 g/mol. The lowest BCUT2D eigenvalue weighted by molar-refractivity contribution is -0.123. The number of nitrogens with zero attached hydrogens (tertiary/aromatic N) is 3. The Morgan fingerprint density at radius 3 is 2.83 bits per heavy atom. The number of carbonyl (C=O) groups excluding carboxylic acids is 1. The van der Waals surface area contributed by atoms with Gasteiger partial charge in [-0.2, -0.15) is 0 Å². The van der Waals surface area contributed by atoms with E-state index in [0.29, 0.717) is 18.8 Å². The molecular formula is C21H32F2N6O. The largest absolute Gasteiger partial charge is 0.369 e. The van der Waals surface area contributed by atoms with Gasteiger partial charge in [-0.25, -0.2) is 8.78 Å². The van der Waals surface area contributed by atoms with Crippen molar-refractivity contribution in [2.75, 3.05) is 51.2 Å². The van der Waals surface area contributed by atoms with Crippen LogP contribution >= 0.6 is 0 Å². The fraction of sp³-hybridized carbons (Fsp3) is 0.619. The van der Waals surface area contributed by atoms with Gasteiger partial charge in [0, 0.05) is 45.3 Å². The van der Waals surface area contributed by atoms with Crippen molar-refractivity contribution in [3.8, 4) is 0 Å². The van der Waals surface area contributed by atoms with E-state index >= 15 is 0 Å². The Hall–Kier alpha value is -2.42. The zero-order valence-corrected chi connectivity index (χ0v) is 17.5. The van der Waals surface area contributed by atoms with Crippen LogP contribution in [0.4, 0.5) is 14.5 Å². The Labute approximate surface area is 176 Å². The van der Waals surface area contributed by atoms with Crippen LogP contribution in [-0.2, 0) is 4.79 Å². The molecule has 0 spiro atoms. The van der Waals surface area contributed by atoms with Gasteiger partial charge in [0.15, 0.2) is 5.96 Å². The molecule has 2 heterocycles. The van der Waals surface area contributed by atoms with E-state index in [1.54, 1.807) is 7.05 Å². The summed E-state index contributed by atoms with van der Waals surface area (Å²) in [6, 6.07) is 3.83. The smallest absolute Gasteiger partial charge is 0.221 e. The molecule has 7 nitrogen and oxygen atoms in total. The van der Waals surface area contributed by atoms with Crippen LogP contribution in [-0.4, -0.2) is 69.1 Å². The number of nitrogens with one attached hydrogen (secondary N) is 2. The van der Waals surface area contributed by atoms with E-state index < -0.39 is 11.6 Å². The van der Waals surface area contributed by atoms with Crippen molar-refractivity contribution in [2.24, 2.45) is 16.6 Å². The number of anilines is 1. The second kappa shape index (κ2) is 10.6. The Kier molecular flexibility index (Phi) is 7.84. The average molecular weight is 423 g/mol. The molecule has 30 heavy (non-hydrogen) atoms. The molecule has 0 bridgehead atoms. The highest BCUT2D eigenvalue weighted by Gasteiger charge is 2.26. The number of rotatable bonds is 7. The summed E-state index contributed by atoms with van der Waals surface area (Å²) in [5, 5.41) is 6.70. The standard InChI is InChI=1S/C21H32F2N6O/c1-25-21(26-8-3-10-28-9-2-4-15(13-28)20(24)30)27-17-7-11-29(14-17)19-6-5-16(22)12-18(19)23/h5-6,12,15,17H,2-4,7-11,13-14H2,1H3,(H2,24,30)(H2,25,26,27). The number of hydrogen-bond acceptors (Lipinski definition) is 4. The van der Waals surface area contributed by atoms with Crippen molar-refractivity contribution in [1.29, 1.82) is 0 Å². The maximum Gasteiger partial charge on any atom is 0.221 e. The molecular weight excluding hydrogens is 390 g/mol. The molecule has 4 N–H and O–H groups in total. The number of primary amides is 1. The molecule has 1 aromatic carbocycles. The number of benzene rings is 1. The zero-order chi connectivity index (χ0) is 21.5. The van der Waals surface area contributed by atoms with Crippen molar-refractivity contribution in [2.45, 2.75) is 31.7 Å². The molecule has 0 aromatic heterocycles. The van der Waals surface area contributed by atoms with Crippen molar-refractivity contribution in [3.63, 3.8) is 0 Å². The Morgan fingerprint density at radius 2 is 2.10 bits per heavy atom. The molecule has 2 atom stereocenters. The van der Waals surface area contributed by atoms with Gasteiger partial charge in [-0.15, -0.1) is 0 Å². The first kappa shape index (κ1) is 22.3. The molecule has 2 aliphatic rings. The van der Waals surface area contributed by atoms with E-state index in [1.165, 1.54) is 12.1 Å². The van der Waals surface area contributed by atoms with E-state index in [9.17, 15) is 13.6 Å². The highest BCUT2D eigenvalue weighted by molar-refractivity contribution is 5.80. The van der Waals surface area contributed by atoms with Gasteiger partial charge in [-0.05, 0) is 50.9 Å². The van der Waals surface area contributed by atoms with Gasteiger partial charge in [0.05, 0.1) is 11.6 Å². The summed E-state index contributed by atoms with van der Waals surface area (Å²) in [6.45, 7) is 4.77. The van der Waals surface area contributed by atoms with Crippen molar-refractivity contribution in [1.82, 2.24) is 15.5 Å². The fourth-order valence-electron chi connectivity index (χ4n) is 4.22. The van der Waals surface area contributed by atoms with Gasteiger partial charge < -0.3 is 26.2 Å². The highest BCUT2D eigenvalue weighted by atomic mass is 19.1. The fourth-order valence-corrected chi connectivity index (χ4v) is 4.22. The number of hydrogen-bond donors (Lipinski definition) is 3. The predicted molar refractivity (Wildman–Crippen MR) is 114 cm³/mol. The van der Waals surface area contributed by atoms with Crippen molar-refractivity contribution in [3.05, 3.63) is 29.8 Å². The Bertz CT molecular complexity index is 759. The lowest BCUT2D eigenvalue weighted by Gasteiger charge is -2.31. The van der Waals surface area contributed by atoms with Gasteiger partial charge in [-0.1, -0.05) is 0 Å². The van der Waals surface area contributed by atoms with Crippen LogP contribution in [0.3, 0.4) is 0 Å². The highest BCUT2D eigenvalue weighted by Crippen LogP contribution is 2.24. The summed E-state index contributed by atoms with van der Waals surface area (Å²) in [5.74, 6) is -0.611. The molecule has 9 heteroatoms. The van der Waals surface area contributed by atoms with Crippen LogP contribution < -0.4 is 21.3 Å². The zero-order valence-electron chi connectivity index (χ0n) is 17.5. The lowest BCUT2D eigenvalue weighted by Crippen LogP contribution is -2.46. The minimum absolute atomic E-state index is 0.0302. The summed E-state index contributed by atoms with van der Waals surface area (Å²) in [4.78, 5) is 19.9. The number of piperidine rings is 1. The second-order valence-corrected chi connectivity index (χ2v) is 8.07. The number of guanidine groups is 1. The van der Waals surface area contributed by atoms with Gasteiger partial charge >= 0.3 is 0 Å². The van der Waals surface area contributed by atoms with Gasteiger partial charge in [0.1, 0.15) is 11.6 Å². The molecule has 2 aliphatic heterocycles. The van der Waals surface area contributed by atoms with Gasteiger partial charge in [0.2, 0.25) is 5.91 Å². The van der Waals surface area contributed by atoms with E-state index in [-0.39, 0.29) is 17.9 Å². The maximum atomic E-state index is 14.0. The second-order valence-electron chi connectivity index (χ2n) is 8.07. The molecule has 2 unspecified atom stereocenters. The van der Waals surface area contributed by atoms with Crippen LogP contribution in [0, 0.1) is 17.6 Å². The number of nitrogens with two attached hydrogens (primary N) is 1. The molecule has 166 valence electrons. The first-order valence-corrected chi connectivity index (χ1v) is 10.6. The van der Waals surface area contributed by atoms with Gasteiger partial charge in [-0.3, -0.25) is 9.79 Å². The van der Waals surface area contributed by atoms with E-state index in [1.807, 2.05) is 4.90 Å². The van der Waals surface area contributed by atoms with Crippen LogP contribution in [0.5, 0.6) is 0 Å². The quantitative estimate of drug-likeness (QED) is 0.350. The normalized spacial score (nSPS) is 22.9. The molecule has 0 radical (unpaired) electrons. The van der Waals surface area contributed by atoms with Crippen molar-refractivity contribution >= 4 is 17.6 Å². The molecule has 3 rings (SSSR count). The number of likely N-dealkylation sites (tertiary alicyclic amines) is 1. The number of aliphatic imine (C=N–C) groups is 1. The minimum atomic E-state index is -0.565. The molecule has 1 amide bonds. The third-order valence-corrected chi connectivity index (χ3v) is 5.85. The summed E-state index contributed by atoms with van der Waals surface area (Å²) in [5.41, 5.74) is 5.87. The Balaban J connectivity index is 1.38. The van der Waals surface area contributed by atoms with Crippen LogP contribution in [0.2, 0.25) is 0 Å². The maximum absolute atomic E-state index is 14.0. The summed E-state index contributed by atoms with van der Waals surface area (Å²) in [7, 11) is 1.73. The molecule has 2 saturated heterocycles. The number of halogens is 2. The molecule has 2 fully saturated rings. The number of carbonyl (C=O) groups is 1. The molecule has 1 aromatic rings. The van der Waals surface area contributed by atoms with Gasteiger partial charge in [0.25, 0.3) is 0 Å². The van der Waals surface area contributed by atoms with E-state index in [2.05, 4.69) is 20.5 Å². The van der Waals surface area contributed by atoms with E-state index in [4.69, 9.17) is 5.73 Å². The van der Waals surface area contributed by atoms with Crippen LogP contribution in [0.1, 0.15) is 25.7 Å². The third-order valence-electron chi connectivity index (χ3n) is 5.85. The molecule has 0 saturated carbocycles. The third kappa shape index (κ3) is 6.04. The SMILES string of the molecule is CN=C(NCCCN1CCCC(C(N)=O)C1)NC1CCN(c2ccc(F)cc2F)C1. The predicted octanol–water partition coefficient (Wildman–Crippen LogP) is 1.30. The summed E-state index contributed by atoms with van der Waals surface area (Å²) in [6.07, 6.45) is 3.68. The van der Waals surface area contributed by atoms with Crippen LogP contribution in [0.15, 0.2) is 23.2 Å². The summed E-state index contributed by atoms with van der Waals surface area (Å²) >= 11 is 0. The van der Waals surface area contributed by atoms with E-state index in [0.717, 1.165) is 63.9 Å². The average Bonchev–Trinajstić information content (AvgIpc) is 3.18. The minimum Gasteiger partial charge on any atom is -0.369 e. The lowest BCUT2D eigenvalue weighted by atomic mass is 9.97. The first-order valence-electron chi connectivity index (χ1n) is 10.6.